The van der Waals surface area contributed by atoms with Gasteiger partial charge < -0.3 is 20.1 Å². The third kappa shape index (κ3) is 1.99. The summed E-state index contributed by atoms with van der Waals surface area (Å²) in [5.74, 6) is -3.76. The number of aromatic hydroxyl groups is 1. The van der Waals surface area contributed by atoms with Crippen LogP contribution in [0.2, 0.25) is 0 Å². The van der Waals surface area contributed by atoms with E-state index in [2.05, 4.69) is 4.74 Å². The number of rotatable bonds is 3. The molecule has 1 aromatic carbocycles. The molecule has 0 heterocycles. The van der Waals surface area contributed by atoms with Crippen LogP contribution in [0.4, 0.5) is 4.39 Å². The van der Waals surface area contributed by atoms with E-state index >= 15 is 0 Å². The van der Waals surface area contributed by atoms with Gasteiger partial charge in [0.15, 0.2) is 23.4 Å². The zero-order chi connectivity index (χ0) is 11.6. The average Bonchev–Trinajstić information content (AvgIpc) is 2.21. The summed E-state index contributed by atoms with van der Waals surface area (Å²) in [5, 5.41) is 26.7. The summed E-state index contributed by atoms with van der Waals surface area (Å²) >= 11 is 0. The highest BCUT2D eigenvalue weighted by Crippen LogP contribution is 2.33. The Morgan fingerprint density at radius 3 is 2.60 bits per heavy atom. The highest BCUT2D eigenvalue weighted by Gasteiger charge is 2.23. The highest BCUT2D eigenvalue weighted by molar-refractivity contribution is 5.74. The predicted octanol–water partition coefficient (Wildman–Crippen LogP) is 0.658. The van der Waals surface area contributed by atoms with E-state index in [-0.39, 0.29) is 5.75 Å². The second kappa shape index (κ2) is 4.14. The molecule has 1 aromatic rings. The second-order valence-corrected chi connectivity index (χ2v) is 2.76. The first-order valence-electron chi connectivity index (χ1n) is 3.95. The first-order chi connectivity index (χ1) is 6.99. The first-order valence-corrected chi connectivity index (χ1v) is 3.95. The maximum Gasteiger partial charge on any atom is 0.337 e. The van der Waals surface area contributed by atoms with Crippen molar-refractivity contribution in [2.75, 3.05) is 7.11 Å². The van der Waals surface area contributed by atoms with Crippen LogP contribution < -0.4 is 4.74 Å². The Labute approximate surface area is 84.3 Å². The van der Waals surface area contributed by atoms with Crippen molar-refractivity contribution in [3.63, 3.8) is 0 Å². The Kier molecular flexibility index (Phi) is 3.11. The van der Waals surface area contributed by atoms with Crippen molar-refractivity contribution >= 4 is 5.97 Å². The highest BCUT2D eigenvalue weighted by atomic mass is 19.1. The molecule has 0 aliphatic carbocycles. The number of carbonyl (C=O) groups is 1. The van der Waals surface area contributed by atoms with Gasteiger partial charge in [-0.25, -0.2) is 9.18 Å². The molecule has 82 valence electrons. The number of benzene rings is 1. The standard InChI is InChI=1S/C9H9FO5/c1-15-5-3-2-4(6(10)8(5)12)7(11)9(13)14/h2-3,7,11-12H,1H3,(H,13,14). The molecule has 0 saturated carbocycles. The van der Waals surface area contributed by atoms with E-state index < -0.39 is 29.2 Å². The summed E-state index contributed by atoms with van der Waals surface area (Å²) in [6.07, 6.45) is -2.01. The van der Waals surface area contributed by atoms with Crippen LogP contribution in [0.1, 0.15) is 11.7 Å². The summed E-state index contributed by atoms with van der Waals surface area (Å²) in [5.41, 5.74) is -0.513. The van der Waals surface area contributed by atoms with Gasteiger partial charge in [0.1, 0.15) is 0 Å². The van der Waals surface area contributed by atoms with Crippen LogP contribution in [0.5, 0.6) is 11.5 Å². The van der Waals surface area contributed by atoms with Crippen molar-refractivity contribution < 1.29 is 29.2 Å². The van der Waals surface area contributed by atoms with Crippen molar-refractivity contribution in [1.29, 1.82) is 0 Å². The quantitative estimate of drug-likeness (QED) is 0.690. The molecule has 1 rings (SSSR count). The third-order valence-electron chi connectivity index (χ3n) is 1.86. The van der Waals surface area contributed by atoms with Gasteiger partial charge in [0.25, 0.3) is 0 Å². The van der Waals surface area contributed by atoms with Crippen LogP contribution in [0.15, 0.2) is 12.1 Å². The number of hydrogen-bond donors (Lipinski definition) is 3. The summed E-state index contributed by atoms with van der Waals surface area (Å²) in [6, 6.07) is 2.20. The molecule has 0 saturated heterocycles. The molecule has 3 N–H and O–H groups in total. The summed E-state index contributed by atoms with van der Waals surface area (Å²) < 4.78 is 17.9. The number of phenols is 1. The molecule has 0 radical (unpaired) electrons. The minimum Gasteiger partial charge on any atom is -0.502 e. The molecule has 1 atom stereocenters. The third-order valence-corrected chi connectivity index (χ3v) is 1.86. The van der Waals surface area contributed by atoms with Crippen LogP contribution in [0, 0.1) is 5.82 Å². The van der Waals surface area contributed by atoms with Gasteiger partial charge in [-0.1, -0.05) is 0 Å². The molecular weight excluding hydrogens is 207 g/mol. The Hall–Kier alpha value is -1.82. The van der Waals surface area contributed by atoms with E-state index in [1.54, 1.807) is 0 Å². The Morgan fingerprint density at radius 2 is 2.13 bits per heavy atom. The van der Waals surface area contributed by atoms with Crippen molar-refractivity contribution in [2.24, 2.45) is 0 Å². The van der Waals surface area contributed by atoms with Gasteiger partial charge in [0.05, 0.1) is 7.11 Å². The van der Waals surface area contributed by atoms with Crippen molar-refractivity contribution in [2.45, 2.75) is 6.10 Å². The van der Waals surface area contributed by atoms with Gasteiger partial charge in [0.2, 0.25) is 0 Å². The number of aliphatic hydroxyl groups is 1. The van der Waals surface area contributed by atoms with Crippen LogP contribution in [-0.2, 0) is 4.79 Å². The lowest BCUT2D eigenvalue weighted by Gasteiger charge is -2.10. The Bertz CT molecular complexity index is 390. The van der Waals surface area contributed by atoms with Crippen LogP contribution >= 0.6 is 0 Å². The van der Waals surface area contributed by atoms with Gasteiger partial charge in [-0.3, -0.25) is 0 Å². The van der Waals surface area contributed by atoms with Crippen LogP contribution in [0.25, 0.3) is 0 Å². The van der Waals surface area contributed by atoms with Crippen LogP contribution in [0.3, 0.4) is 0 Å². The molecule has 0 spiro atoms. The first kappa shape index (κ1) is 11.3. The van der Waals surface area contributed by atoms with E-state index in [0.29, 0.717) is 0 Å². The maximum absolute atomic E-state index is 13.3. The monoisotopic (exact) mass is 216 g/mol. The number of ether oxygens (including phenoxy) is 1. The zero-order valence-electron chi connectivity index (χ0n) is 7.77. The van der Waals surface area contributed by atoms with Gasteiger partial charge in [-0.15, -0.1) is 0 Å². The maximum atomic E-state index is 13.3. The molecule has 0 fully saturated rings. The molecule has 0 aliphatic heterocycles. The minimum absolute atomic E-state index is 0.131. The number of carboxylic acid groups (broad SMARTS) is 1. The summed E-state index contributed by atoms with van der Waals surface area (Å²) in [6.45, 7) is 0. The van der Waals surface area contributed by atoms with Gasteiger partial charge in [-0.05, 0) is 12.1 Å². The topological polar surface area (TPSA) is 87.0 Å². The van der Waals surface area contributed by atoms with Crippen molar-refractivity contribution in [3.8, 4) is 11.5 Å². The van der Waals surface area contributed by atoms with Crippen LogP contribution in [-0.4, -0.2) is 28.4 Å². The Morgan fingerprint density at radius 1 is 1.53 bits per heavy atom. The lowest BCUT2D eigenvalue weighted by Crippen LogP contribution is -2.12. The number of carboxylic acids is 1. The normalized spacial score (nSPS) is 12.2. The fraction of sp³-hybridized carbons (Fsp3) is 0.222. The van der Waals surface area contributed by atoms with E-state index in [4.69, 9.17) is 10.2 Å². The second-order valence-electron chi connectivity index (χ2n) is 2.76. The number of hydrogen-bond acceptors (Lipinski definition) is 4. The smallest absolute Gasteiger partial charge is 0.337 e. The number of aliphatic hydroxyl groups excluding tert-OH is 1. The SMILES string of the molecule is COc1ccc(C(O)C(=O)O)c(F)c1O. The molecule has 15 heavy (non-hydrogen) atoms. The average molecular weight is 216 g/mol. The zero-order valence-corrected chi connectivity index (χ0v) is 7.77. The van der Waals surface area contributed by atoms with E-state index in [0.717, 1.165) is 6.07 Å². The number of phenolic OH excluding ortho intramolecular Hbond substituents is 1. The lowest BCUT2D eigenvalue weighted by atomic mass is 10.1. The number of methoxy groups -OCH3 is 1. The minimum atomic E-state index is -2.01. The molecule has 0 amide bonds. The van der Waals surface area contributed by atoms with Gasteiger partial charge in [0, 0.05) is 5.56 Å². The van der Waals surface area contributed by atoms with Crippen molar-refractivity contribution in [3.05, 3.63) is 23.5 Å². The molecule has 1 unspecified atom stereocenters. The van der Waals surface area contributed by atoms with Gasteiger partial charge in [-0.2, -0.15) is 0 Å². The molecule has 5 nitrogen and oxygen atoms in total. The summed E-state index contributed by atoms with van der Waals surface area (Å²) in [4.78, 5) is 10.4. The summed E-state index contributed by atoms with van der Waals surface area (Å²) in [7, 11) is 1.22. The fourth-order valence-corrected chi connectivity index (χ4v) is 1.07. The van der Waals surface area contributed by atoms with Gasteiger partial charge >= 0.3 is 5.97 Å². The Balaban J connectivity index is 3.23. The molecule has 0 aliphatic rings. The largest absolute Gasteiger partial charge is 0.502 e. The van der Waals surface area contributed by atoms with E-state index in [9.17, 15) is 14.3 Å². The lowest BCUT2D eigenvalue weighted by molar-refractivity contribution is -0.147. The molecule has 0 aromatic heterocycles. The van der Waals surface area contributed by atoms with Crippen molar-refractivity contribution in [1.82, 2.24) is 0 Å². The fourth-order valence-electron chi connectivity index (χ4n) is 1.07. The predicted molar refractivity (Wildman–Crippen MR) is 47.2 cm³/mol. The molecule has 0 bridgehead atoms. The number of aliphatic carboxylic acids is 1. The van der Waals surface area contributed by atoms with E-state index in [1.807, 2.05) is 0 Å². The molecular formula is C9H9FO5. The number of halogens is 1. The van der Waals surface area contributed by atoms with E-state index in [1.165, 1.54) is 13.2 Å². The molecule has 6 heteroatoms.